The molecule has 0 spiro atoms. The number of amides is 5. The maximum absolute atomic E-state index is 13.4. The van der Waals surface area contributed by atoms with Gasteiger partial charge in [0.05, 0.1) is 71.7 Å². The van der Waals surface area contributed by atoms with Crippen molar-refractivity contribution in [2.24, 2.45) is 5.73 Å². The first kappa shape index (κ1) is 72.0. The summed E-state index contributed by atoms with van der Waals surface area (Å²) in [6.45, 7) is 10.6. The number of carbonyl (C=O) groups excluding carboxylic acids is 4. The summed E-state index contributed by atoms with van der Waals surface area (Å²) in [5, 5.41) is 30.9. The van der Waals surface area contributed by atoms with Gasteiger partial charge in [0.1, 0.15) is 11.5 Å². The quantitative estimate of drug-likeness (QED) is 0.0205. The number of rotatable bonds is 15. The summed E-state index contributed by atoms with van der Waals surface area (Å²) in [7, 11) is -7.82. The van der Waals surface area contributed by atoms with Gasteiger partial charge in [0.25, 0.3) is 11.4 Å². The number of thiazole rings is 2. The molecule has 2 aliphatic rings. The molecule has 26 nitrogen and oxygen atoms in total. The monoisotopic (exact) mass is 1440 g/mol. The van der Waals surface area contributed by atoms with Crippen LogP contribution in [0.25, 0.3) is 20.9 Å². The summed E-state index contributed by atoms with van der Waals surface area (Å²) in [6.07, 6.45) is 9.62. The number of hydrogen-bond donors (Lipinski definition) is 8. The van der Waals surface area contributed by atoms with E-state index in [9.17, 15) is 56.2 Å². The average molecular weight is 1440 g/mol. The number of urea groups is 2. The third-order valence-electron chi connectivity index (χ3n) is 12.7. The maximum Gasteiger partial charge on any atom is 0.412 e. The van der Waals surface area contributed by atoms with Gasteiger partial charge in [-0.1, -0.05) is 19.6 Å². The van der Waals surface area contributed by atoms with Crippen LogP contribution in [0, 0.1) is 20.2 Å². The number of ether oxygens (including phenoxy) is 2. The van der Waals surface area contributed by atoms with E-state index in [1.165, 1.54) is 83.3 Å². The molecule has 0 radical (unpaired) electrons. The Morgan fingerprint density at radius 2 is 0.989 bits per heavy atom. The molecule has 0 aliphatic heterocycles. The minimum Gasteiger partial charge on any atom is -0.414 e. The van der Waals surface area contributed by atoms with E-state index in [2.05, 4.69) is 81.1 Å². The van der Waals surface area contributed by atoms with Gasteiger partial charge in [0, 0.05) is 106 Å². The number of nitro groups is 2. The van der Waals surface area contributed by atoms with Gasteiger partial charge in [0.2, 0.25) is 20.0 Å². The smallest absolute Gasteiger partial charge is 0.412 e. The molecule has 2 fully saturated rings. The highest BCUT2D eigenvalue weighted by molar-refractivity contribution is 9.08. The maximum atomic E-state index is 13.4. The van der Waals surface area contributed by atoms with E-state index < -0.39 is 64.6 Å². The number of nitrogens with zero attached hydrogens (tertiary/aromatic N) is 4. The molecule has 5 amide bonds. The lowest BCUT2D eigenvalue weighted by Crippen LogP contribution is -2.40. The van der Waals surface area contributed by atoms with Gasteiger partial charge in [-0.15, -0.1) is 22.7 Å². The number of hydrogen-bond acceptors (Lipinski definition) is 19. The van der Waals surface area contributed by atoms with Crippen molar-refractivity contribution in [1.82, 2.24) is 33.4 Å². The molecule has 9 N–H and O–H groups in total. The van der Waals surface area contributed by atoms with Crippen LogP contribution in [0.1, 0.15) is 122 Å². The third kappa shape index (κ3) is 21.8. The van der Waals surface area contributed by atoms with Crippen molar-refractivity contribution in [3.63, 3.8) is 0 Å². The molecule has 2 saturated carbocycles. The number of carbonyl (C=O) groups is 4. The largest absolute Gasteiger partial charge is 0.414 e. The SMILES string of the molecule is C.CC(C)(C)NS(=O)(=O)c1cc(NC(=O)NBr)ccc1-c1cnc(C2CCC(N)CC2)s1.CC(C)(C)NS(=O)(=O)c1cc(NC(=O)NBr)ccc1-c1cnc(C2CCC(NC(=O)Oc3ccc([N+](=O)[O-])cc3)CC2)s1.O=C(Cl)Oc1ccc([N+](=O)[O-])cc1. The number of nitrogens with one attached hydrogen (secondary N) is 7. The highest BCUT2D eigenvalue weighted by Crippen LogP contribution is 2.42. The van der Waals surface area contributed by atoms with Crippen LogP contribution in [0.5, 0.6) is 11.5 Å². The molecule has 6 aromatic rings. The Balaban J connectivity index is 0.000000272. The summed E-state index contributed by atoms with van der Waals surface area (Å²) in [4.78, 5) is 76.8. The number of anilines is 2. The van der Waals surface area contributed by atoms with Crippen LogP contribution in [0.2, 0.25) is 0 Å². The van der Waals surface area contributed by atoms with E-state index in [4.69, 9.17) is 22.1 Å². The summed E-state index contributed by atoms with van der Waals surface area (Å²) in [5.74, 6) is 0.876. The molecule has 88 heavy (non-hydrogen) atoms. The molecule has 0 bridgehead atoms. The Morgan fingerprint density at radius 3 is 1.34 bits per heavy atom. The number of halogens is 3. The predicted octanol–water partition coefficient (Wildman–Crippen LogP) is 13.3. The van der Waals surface area contributed by atoms with Gasteiger partial charge in [-0.05, 0) is 141 Å². The molecule has 4 aromatic carbocycles. The normalized spacial score (nSPS) is 16.7. The van der Waals surface area contributed by atoms with Crippen LogP contribution in [0.3, 0.4) is 0 Å². The predicted molar refractivity (Wildman–Crippen MR) is 346 cm³/mol. The number of aromatic nitrogens is 2. The topological polar surface area (TPSA) is 377 Å². The zero-order chi connectivity index (χ0) is 64.0. The fourth-order valence-corrected chi connectivity index (χ4v) is 15.0. The molecule has 0 saturated heterocycles. The molecule has 33 heteroatoms. The van der Waals surface area contributed by atoms with Crippen molar-refractivity contribution in [2.45, 2.75) is 145 Å². The zero-order valence-electron chi connectivity index (χ0n) is 47.6. The van der Waals surface area contributed by atoms with Crippen molar-refractivity contribution in [1.29, 1.82) is 0 Å². The van der Waals surface area contributed by atoms with Crippen molar-refractivity contribution in [2.75, 3.05) is 10.6 Å². The van der Waals surface area contributed by atoms with Crippen molar-refractivity contribution in [3.05, 3.63) is 128 Å². The molecule has 0 unspecified atom stereocenters. The van der Waals surface area contributed by atoms with E-state index >= 15 is 0 Å². The highest BCUT2D eigenvalue weighted by Gasteiger charge is 2.31. The van der Waals surface area contributed by atoms with Gasteiger partial charge in [-0.3, -0.25) is 28.9 Å². The number of nitro benzene ring substituents is 2. The molecular formula is C55H67Br2ClN12O14S4. The number of sulfonamides is 2. The van der Waals surface area contributed by atoms with Crippen LogP contribution >= 0.6 is 66.6 Å². The first-order valence-corrected chi connectivity index (χ1v) is 33.1. The van der Waals surface area contributed by atoms with Gasteiger partial charge < -0.3 is 31.2 Å². The number of nitrogens with two attached hydrogens (primary N) is 1. The second kappa shape index (κ2) is 31.6. The molecule has 2 heterocycles. The van der Waals surface area contributed by atoms with E-state index in [1.807, 2.05) is 0 Å². The van der Waals surface area contributed by atoms with Crippen LogP contribution in [-0.2, 0) is 20.0 Å². The van der Waals surface area contributed by atoms with E-state index in [-0.39, 0.29) is 58.1 Å². The van der Waals surface area contributed by atoms with Crippen molar-refractivity contribution in [3.8, 4) is 32.4 Å². The zero-order valence-corrected chi connectivity index (χ0v) is 54.7. The Hall–Kier alpha value is -6.75. The summed E-state index contributed by atoms with van der Waals surface area (Å²) in [6, 6.07) is 18.9. The molecular weight excluding hydrogens is 1380 g/mol. The Bertz CT molecular complexity index is 3670. The van der Waals surface area contributed by atoms with E-state index in [0.29, 0.717) is 46.1 Å². The second-order valence-electron chi connectivity index (χ2n) is 21.9. The van der Waals surface area contributed by atoms with E-state index in [1.54, 1.807) is 78.2 Å². The fraction of sp³-hybridized carbons (Fsp3) is 0.382. The summed E-state index contributed by atoms with van der Waals surface area (Å²) >= 11 is 13.6. The van der Waals surface area contributed by atoms with Gasteiger partial charge in [0.15, 0.2) is 0 Å². The molecule has 8 rings (SSSR count). The van der Waals surface area contributed by atoms with Gasteiger partial charge >= 0.3 is 23.6 Å². The minimum absolute atomic E-state index is 0. The summed E-state index contributed by atoms with van der Waals surface area (Å²) < 4.78 is 72.9. The molecule has 0 atom stereocenters. The van der Waals surface area contributed by atoms with Gasteiger partial charge in [-0.25, -0.2) is 55.4 Å². The lowest BCUT2D eigenvalue weighted by atomic mass is 9.86. The molecule has 476 valence electrons. The summed E-state index contributed by atoms with van der Waals surface area (Å²) in [5.41, 5.74) is 5.17. The highest BCUT2D eigenvalue weighted by atomic mass is 79.9. The lowest BCUT2D eigenvalue weighted by Gasteiger charge is -2.27. The van der Waals surface area contributed by atoms with Crippen LogP contribution in [0.15, 0.2) is 107 Å². The van der Waals surface area contributed by atoms with Gasteiger partial charge in [-0.2, -0.15) is 0 Å². The van der Waals surface area contributed by atoms with E-state index in [0.717, 1.165) is 53.4 Å². The Morgan fingerprint density at radius 1 is 0.614 bits per heavy atom. The minimum atomic E-state index is -3.96. The first-order chi connectivity index (χ1) is 40.8. The first-order valence-electron chi connectivity index (χ1n) is 26.6. The third-order valence-corrected chi connectivity index (χ3v) is 19.5. The Labute approximate surface area is 539 Å². The lowest BCUT2D eigenvalue weighted by molar-refractivity contribution is -0.385. The fourth-order valence-electron chi connectivity index (χ4n) is 9.00. The van der Waals surface area contributed by atoms with Crippen molar-refractivity contribution < 1.29 is 55.3 Å². The molecule has 2 aliphatic carbocycles. The number of non-ortho nitro benzene ring substituents is 2. The van der Waals surface area contributed by atoms with Crippen LogP contribution in [0.4, 0.5) is 41.9 Å². The molecule has 2 aromatic heterocycles. The average Bonchev–Trinajstić information content (AvgIpc) is 2.87. The van der Waals surface area contributed by atoms with Crippen LogP contribution < -0.4 is 49.3 Å². The Kier molecular flexibility index (Phi) is 25.9. The number of benzene rings is 4. The second-order valence-corrected chi connectivity index (χ2v) is 28.4. The van der Waals surface area contributed by atoms with Crippen LogP contribution in [-0.4, -0.2) is 83.4 Å². The standard InChI is InChI=1S/C27H31BrN6O7S2.C20H28BrN5O3S2.C7H4ClNO4.CH4/c1-27(2,3)33-43(39,40)23-14-18(30-25(35)32-28)8-13-21(23)22-15-29-24(42-22)16-4-6-17(7-5-16)31-26(36)41-20-11-9-19(10-12-20)34(37)38;1-20(2,3)26-31(28,29)17-10-14(24-19(27)25-21)8-9-15(17)16-11-23-18(30-16)12-4-6-13(22)7-5-12;8-7(10)13-6-3-1-5(2-4-6)9(11)12;/h8-17,33H,4-7H2,1-3H3,(H,31,36)(H2,30,32,35);8-13,26H,4-7,22H2,1-3H3,(H2,24,25,27);1-4H;1H4. The van der Waals surface area contributed by atoms with Crippen molar-refractivity contribution >= 4 is 133 Å².